The third kappa shape index (κ3) is 10.9. The summed E-state index contributed by atoms with van der Waals surface area (Å²) in [6.07, 6.45) is 2.50. The van der Waals surface area contributed by atoms with Gasteiger partial charge in [0.1, 0.15) is 0 Å². The number of carbonyl (C=O) groups excluding carboxylic acids is 1. The molecule has 0 aromatic rings. The van der Waals surface area contributed by atoms with Crippen molar-refractivity contribution in [3.05, 3.63) is 0 Å². The number of carbonyl (C=O) groups is 1. The molecule has 0 saturated carbocycles. The molecule has 64 valence electrons. The van der Waals surface area contributed by atoms with Crippen molar-refractivity contribution >= 4 is 30.7 Å². The summed E-state index contributed by atoms with van der Waals surface area (Å²) < 4.78 is 0. The fourth-order valence-electron chi connectivity index (χ4n) is 0.410. The third-order valence-corrected chi connectivity index (χ3v) is 0.918. The lowest BCUT2D eigenvalue weighted by Gasteiger charge is -1.93. The van der Waals surface area contributed by atoms with Gasteiger partial charge in [-0.1, -0.05) is 13.3 Å². The smallest absolute Gasteiger partial charge is 0.233 e. The maximum atomic E-state index is 10.3. The van der Waals surface area contributed by atoms with Crippen LogP contribution in [0.1, 0.15) is 26.2 Å². The van der Waals surface area contributed by atoms with Crippen LogP contribution in [0.15, 0.2) is 0 Å². The van der Waals surface area contributed by atoms with Crippen molar-refractivity contribution in [2.24, 2.45) is 5.84 Å². The average molecular weight is 189 g/mol. The van der Waals surface area contributed by atoms with Gasteiger partial charge in [-0.05, 0) is 6.42 Å². The summed E-state index contributed by atoms with van der Waals surface area (Å²) in [5.74, 6) is 4.74. The molecule has 0 aliphatic heterocycles. The van der Waals surface area contributed by atoms with Gasteiger partial charge in [0.25, 0.3) is 0 Å². The van der Waals surface area contributed by atoms with E-state index in [1.54, 1.807) is 0 Å². The van der Waals surface area contributed by atoms with Gasteiger partial charge in [-0.25, -0.2) is 5.84 Å². The zero-order chi connectivity index (χ0) is 6.41. The lowest BCUT2D eigenvalue weighted by Crippen LogP contribution is -2.29. The Balaban J connectivity index is -0.000000245. The van der Waals surface area contributed by atoms with E-state index in [1.807, 2.05) is 6.92 Å². The number of rotatable bonds is 3. The van der Waals surface area contributed by atoms with Gasteiger partial charge in [-0.2, -0.15) is 0 Å². The van der Waals surface area contributed by atoms with Crippen LogP contribution in [0.3, 0.4) is 0 Å². The highest BCUT2D eigenvalue weighted by Gasteiger charge is 1.93. The molecule has 0 bridgehead atoms. The van der Waals surface area contributed by atoms with Crippen LogP contribution in [0.4, 0.5) is 0 Å². The van der Waals surface area contributed by atoms with E-state index in [2.05, 4.69) is 5.43 Å². The molecule has 0 radical (unpaired) electrons. The van der Waals surface area contributed by atoms with Crippen LogP contribution in [0.5, 0.6) is 0 Å². The molecule has 3 N–H and O–H groups in total. The van der Waals surface area contributed by atoms with Crippen molar-refractivity contribution in [3.63, 3.8) is 0 Å². The molecule has 0 aliphatic rings. The number of hydrogen-bond donors (Lipinski definition) is 2. The molecule has 3 nitrogen and oxygen atoms in total. The summed E-state index contributed by atoms with van der Waals surface area (Å²) in [5, 5.41) is 0. The normalized spacial score (nSPS) is 7.00. The number of halogens is 2. The lowest BCUT2D eigenvalue weighted by atomic mass is 10.2. The third-order valence-electron chi connectivity index (χ3n) is 0.918. The molecule has 0 unspecified atom stereocenters. The molecule has 0 aliphatic carbocycles. The van der Waals surface area contributed by atoms with E-state index in [1.165, 1.54) is 0 Å². The van der Waals surface area contributed by atoms with Gasteiger partial charge < -0.3 is 0 Å². The van der Waals surface area contributed by atoms with Gasteiger partial charge in [0, 0.05) is 6.42 Å². The van der Waals surface area contributed by atoms with Crippen LogP contribution >= 0.6 is 24.8 Å². The molecular weight excluding hydrogens is 175 g/mol. The standard InChI is InChI=1S/C5H12N2O.2ClH/c1-2-3-4-5(8)7-6;;/h2-4,6H2,1H3,(H,7,8);2*1H. The molecule has 0 spiro atoms. The van der Waals surface area contributed by atoms with Gasteiger partial charge in [-0.3, -0.25) is 10.2 Å². The van der Waals surface area contributed by atoms with Crippen molar-refractivity contribution in [3.8, 4) is 0 Å². The highest BCUT2D eigenvalue weighted by atomic mass is 35.5. The summed E-state index contributed by atoms with van der Waals surface area (Å²) >= 11 is 0. The Morgan fingerprint density at radius 3 is 2.30 bits per heavy atom. The average Bonchev–Trinajstić information content (AvgIpc) is 1.83. The van der Waals surface area contributed by atoms with E-state index in [4.69, 9.17) is 5.84 Å². The predicted octanol–water partition coefficient (Wildman–Crippen LogP) is 1.01. The van der Waals surface area contributed by atoms with Crippen LogP contribution < -0.4 is 11.3 Å². The molecule has 1 amide bonds. The minimum Gasteiger partial charge on any atom is -0.294 e. The van der Waals surface area contributed by atoms with E-state index in [0.29, 0.717) is 6.42 Å². The van der Waals surface area contributed by atoms with E-state index < -0.39 is 0 Å². The quantitative estimate of drug-likeness (QED) is 0.395. The second-order valence-electron chi connectivity index (χ2n) is 1.67. The van der Waals surface area contributed by atoms with Gasteiger partial charge in [-0.15, -0.1) is 24.8 Å². The Morgan fingerprint density at radius 2 is 2.00 bits per heavy atom. The van der Waals surface area contributed by atoms with E-state index in [0.717, 1.165) is 12.8 Å². The van der Waals surface area contributed by atoms with Gasteiger partial charge in [0.15, 0.2) is 0 Å². The van der Waals surface area contributed by atoms with Crippen molar-refractivity contribution in [2.75, 3.05) is 0 Å². The maximum Gasteiger partial charge on any atom is 0.233 e. The van der Waals surface area contributed by atoms with Crippen molar-refractivity contribution in [1.29, 1.82) is 0 Å². The van der Waals surface area contributed by atoms with E-state index in [-0.39, 0.29) is 30.7 Å². The Hall–Kier alpha value is 0.01000. The molecular formula is C5H14Cl2N2O. The molecule has 5 heteroatoms. The van der Waals surface area contributed by atoms with Crippen LogP contribution in [0.2, 0.25) is 0 Å². The number of unbranched alkanes of at least 4 members (excludes halogenated alkanes) is 1. The van der Waals surface area contributed by atoms with Gasteiger partial charge in [0.05, 0.1) is 0 Å². The van der Waals surface area contributed by atoms with Crippen molar-refractivity contribution < 1.29 is 4.79 Å². The first-order chi connectivity index (χ1) is 3.81. The van der Waals surface area contributed by atoms with E-state index in [9.17, 15) is 4.79 Å². The Bertz CT molecular complexity index is 80.0. The minimum atomic E-state index is -0.0770. The summed E-state index contributed by atoms with van der Waals surface area (Å²) in [6.45, 7) is 2.03. The van der Waals surface area contributed by atoms with E-state index >= 15 is 0 Å². The number of amides is 1. The predicted molar refractivity (Wildman–Crippen MR) is 46.4 cm³/mol. The maximum absolute atomic E-state index is 10.3. The Labute approximate surface area is 73.5 Å². The molecule has 0 saturated heterocycles. The number of hydrogen-bond acceptors (Lipinski definition) is 2. The summed E-state index contributed by atoms with van der Waals surface area (Å²) in [7, 11) is 0. The first-order valence-corrected chi connectivity index (χ1v) is 2.80. The SMILES string of the molecule is CCCCC(=O)NN.Cl.Cl. The highest BCUT2D eigenvalue weighted by molar-refractivity contribution is 5.85. The molecule has 0 heterocycles. The fraction of sp³-hybridized carbons (Fsp3) is 0.800. The minimum absolute atomic E-state index is 0. The second kappa shape index (κ2) is 11.8. The molecule has 0 atom stereocenters. The Kier molecular flexibility index (Phi) is 19.5. The Morgan fingerprint density at radius 1 is 1.50 bits per heavy atom. The first-order valence-electron chi connectivity index (χ1n) is 2.80. The molecule has 0 aromatic heterocycles. The second-order valence-corrected chi connectivity index (χ2v) is 1.67. The monoisotopic (exact) mass is 188 g/mol. The molecule has 0 fully saturated rings. The van der Waals surface area contributed by atoms with Crippen LogP contribution in [-0.2, 0) is 4.79 Å². The van der Waals surface area contributed by atoms with Gasteiger partial charge in [0.2, 0.25) is 5.91 Å². The number of nitrogens with two attached hydrogens (primary N) is 1. The topological polar surface area (TPSA) is 55.1 Å². The highest BCUT2D eigenvalue weighted by Crippen LogP contribution is 1.91. The lowest BCUT2D eigenvalue weighted by molar-refractivity contribution is -0.121. The van der Waals surface area contributed by atoms with Crippen molar-refractivity contribution in [1.82, 2.24) is 5.43 Å². The fourth-order valence-corrected chi connectivity index (χ4v) is 0.410. The van der Waals surface area contributed by atoms with Crippen LogP contribution in [-0.4, -0.2) is 5.91 Å². The zero-order valence-electron chi connectivity index (χ0n) is 5.92. The van der Waals surface area contributed by atoms with Gasteiger partial charge >= 0.3 is 0 Å². The van der Waals surface area contributed by atoms with Crippen LogP contribution in [0.25, 0.3) is 0 Å². The molecule has 0 rings (SSSR count). The summed E-state index contributed by atoms with van der Waals surface area (Å²) in [6, 6.07) is 0. The molecule has 0 aromatic carbocycles. The van der Waals surface area contributed by atoms with Crippen molar-refractivity contribution in [2.45, 2.75) is 26.2 Å². The summed E-state index contributed by atoms with van der Waals surface area (Å²) in [4.78, 5) is 10.3. The largest absolute Gasteiger partial charge is 0.294 e. The van der Waals surface area contributed by atoms with Crippen LogP contribution in [0, 0.1) is 0 Å². The molecule has 10 heavy (non-hydrogen) atoms. The number of hydrazine groups is 1. The number of nitrogens with one attached hydrogen (secondary N) is 1. The zero-order valence-corrected chi connectivity index (χ0v) is 7.56. The first kappa shape index (κ1) is 16.5. The summed E-state index contributed by atoms with van der Waals surface area (Å²) in [5.41, 5.74) is 2.06.